The Bertz CT molecular complexity index is 2150. The fourth-order valence-corrected chi connectivity index (χ4v) is 8.06. The predicted molar refractivity (Wildman–Crippen MR) is 183 cm³/mol. The van der Waals surface area contributed by atoms with Crippen molar-refractivity contribution in [3.8, 4) is 5.75 Å². The standard InChI is InChI=1S/C34H37ClF3N9O5/c1-18-15-33(8-12-44(13-9-33)29(51)25-27(49)19(2)39-17-40-25)24-26(18)46(16-23(48)41-22-5-4-20(14-21(22)35)34(36,37)38)31-42-30(43-47(31)28(24)50)45-10-6-32(3,52)7-11-45/h4-5,14,17-18,49,52H,6-13,15-16H2,1-3H3,(H,41,48)/t18-/m1/s1. The first-order valence-corrected chi connectivity index (χ1v) is 17.3. The summed E-state index contributed by atoms with van der Waals surface area (Å²) >= 11 is 6.15. The number of carbonyl (C=O) groups is 2. The molecule has 2 saturated heterocycles. The second kappa shape index (κ2) is 12.7. The van der Waals surface area contributed by atoms with Crippen molar-refractivity contribution in [2.24, 2.45) is 0 Å². The van der Waals surface area contributed by atoms with Crippen LogP contribution in [0, 0.1) is 6.92 Å². The van der Waals surface area contributed by atoms with Crippen molar-refractivity contribution < 1.29 is 33.0 Å². The zero-order chi connectivity index (χ0) is 37.3. The fourth-order valence-electron chi connectivity index (χ4n) is 7.83. The van der Waals surface area contributed by atoms with Gasteiger partial charge in [0.1, 0.15) is 12.9 Å². The van der Waals surface area contributed by atoms with Crippen molar-refractivity contribution in [2.75, 3.05) is 36.4 Å². The van der Waals surface area contributed by atoms with Crippen LogP contribution in [0.2, 0.25) is 5.02 Å². The first-order chi connectivity index (χ1) is 24.5. The van der Waals surface area contributed by atoms with Crippen LogP contribution in [0.5, 0.6) is 5.75 Å². The van der Waals surface area contributed by atoms with Crippen LogP contribution < -0.4 is 15.8 Å². The van der Waals surface area contributed by atoms with E-state index in [4.69, 9.17) is 16.6 Å². The Morgan fingerprint density at radius 3 is 2.44 bits per heavy atom. The van der Waals surface area contributed by atoms with Gasteiger partial charge >= 0.3 is 6.18 Å². The van der Waals surface area contributed by atoms with Crippen molar-refractivity contribution in [1.82, 2.24) is 34.0 Å². The van der Waals surface area contributed by atoms with E-state index in [0.717, 1.165) is 18.2 Å². The number of nitrogens with one attached hydrogen (secondary N) is 1. The van der Waals surface area contributed by atoms with E-state index in [1.54, 1.807) is 23.3 Å². The number of alkyl halides is 3. The van der Waals surface area contributed by atoms with Gasteiger partial charge in [-0.05, 0) is 70.1 Å². The van der Waals surface area contributed by atoms with Gasteiger partial charge in [-0.3, -0.25) is 14.4 Å². The Labute approximate surface area is 300 Å². The number of fused-ring (bicyclic) bond motifs is 3. The van der Waals surface area contributed by atoms with Crippen LogP contribution in [0.3, 0.4) is 0 Å². The van der Waals surface area contributed by atoms with Crippen LogP contribution in [-0.2, 0) is 22.9 Å². The lowest BCUT2D eigenvalue weighted by molar-refractivity contribution is -0.137. The van der Waals surface area contributed by atoms with E-state index in [2.05, 4.69) is 20.4 Å². The summed E-state index contributed by atoms with van der Waals surface area (Å²) in [6, 6.07) is 2.65. The van der Waals surface area contributed by atoms with Crippen LogP contribution in [-0.4, -0.2) is 87.8 Å². The molecular formula is C34H37ClF3N9O5. The van der Waals surface area contributed by atoms with E-state index < -0.39 is 34.6 Å². The Hall–Kier alpha value is -4.77. The molecule has 2 aliphatic heterocycles. The van der Waals surface area contributed by atoms with Crippen LogP contribution in [0.25, 0.3) is 5.78 Å². The molecule has 7 rings (SSSR count). The molecule has 1 aliphatic carbocycles. The number of halogens is 4. The quantitative estimate of drug-likeness (QED) is 0.271. The summed E-state index contributed by atoms with van der Waals surface area (Å²) in [6.45, 7) is 6.36. The highest BCUT2D eigenvalue weighted by Gasteiger charge is 2.49. The second-order valence-corrected chi connectivity index (χ2v) is 14.7. The van der Waals surface area contributed by atoms with Gasteiger partial charge in [0.2, 0.25) is 17.6 Å². The summed E-state index contributed by atoms with van der Waals surface area (Å²) in [5.41, 5.74) is -1.63. The van der Waals surface area contributed by atoms with Crippen molar-refractivity contribution in [3.63, 3.8) is 0 Å². The number of aryl methyl sites for hydroxylation is 1. The maximum Gasteiger partial charge on any atom is 0.416 e. The van der Waals surface area contributed by atoms with Gasteiger partial charge in [0.05, 0.1) is 27.6 Å². The smallest absolute Gasteiger partial charge is 0.416 e. The Morgan fingerprint density at radius 1 is 1.10 bits per heavy atom. The number of aromatic hydroxyl groups is 1. The molecule has 0 unspecified atom stereocenters. The van der Waals surface area contributed by atoms with Crippen molar-refractivity contribution in [2.45, 2.75) is 82.5 Å². The molecule has 3 aliphatic rings. The lowest BCUT2D eigenvalue weighted by Gasteiger charge is -2.39. The Balaban J connectivity index is 1.25. The Morgan fingerprint density at radius 2 is 1.79 bits per heavy atom. The van der Waals surface area contributed by atoms with Gasteiger partial charge < -0.3 is 29.9 Å². The largest absolute Gasteiger partial charge is 0.504 e. The van der Waals surface area contributed by atoms with E-state index in [0.29, 0.717) is 56.5 Å². The topological polar surface area (TPSA) is 171 Å². The Kier molecular flexibility index (Phi) is 8.71. The molecule has 0 bridgehead atoms. The molecule has 4 aromatic rings. The van der Waals surface area contributed by atoms with Crippen LogP contribution in [0.15, 0.2) is 29.3 Å². The molecular weight excluding hydrogens is 707 g/mol. The van der Waals surface area contributed by atoms with Crippen LogP contribution in [0.4, 0.5) is 24.8 Å². The molecule has 18 heteroatoms. The summed E-state index contributed by atoms with van der Waals surface area (Å²) in [5, 5.41) is 27.9. The molecule has 3 N–H and O–H groups in total. The first-order valence-electron chi connectivity index (χ1n) is 17.0. The third kappa shape index (κ3) is 6.22. The van der Waals surface area contributed by atoms with Crippen LogP contribution >= 0.6 is 11.6 Å². The van der Waals surface area contributed by atoms with E-state index in [-0.39, 0.29) is 70.7 Å². The molecule has 276 valence electrons. The number of amides is 2. The van der Waals surface area contributed by atoms with Crippen molar-refractivity contribution in [1.29, 1.82) is 0 Å². The van der Waals surface area contributed by atoms with Crippen molar-refractivity contribution in [3.05, 3.63) is 68.1 Å². The van der Waals surface area contributed by atoms with E-state index in [1.165, 1.54) is 10.8 Å². The molecule has 3 aromatic heterocycles. The van der Waals surface area contributed by atoms with Crippen LogP contribution in [0.1, 0.15) is 84.9 Å². The molecule has 5 heterocycles. The van der Waals surface area contributed by atoms with Gasteiger partial charge in [-0.15, -0.1) is 5.10 Å². The molecule has 1 spiro atoms. The molecule has 1 aromatic carbocycles. The van der Waals surface area contributed by atoms with Gasteiger partial charge in [-0.1, -0.05) is 18.5 Å². The zero-order valence-corrected chi connectivity index (χ0v) is 29.4. The number of piperidine rings is 2. The highest BCUT2D eigenvalue weighted by molar-refractivity contribution is 6.33. The third-order valence-corrected chi connectivity index (χ3v) is 11.0. The average Bonchev–Trinajstić information content (AvgIpc) is 3.65. The number of nitrogens with zero attached hydrogens (tertiary/aromatic N) is 8. The SMILES string of the molecule is Cc1ncnc(C(=O)N2CCC3(CC2)C[C@@H](C)c2c3c(=O)n3nc(N4CCC(C)(O)CC4)nc3n2CC(=O)Nc2ccc(C(F)(F)F)cc2Cl)c1O. The first kappa shape index (κ1) is 35.6. The summed E-state index contributed by atoms with van der Waals surface area (Å²) in [7, 11) is 0. The normalized spacial score (nSPS) is 19.7. The molecule has 14 nitrogen and oxygen atoms in total. The van der Waals surface area contributed by atoms with E-state index in [9.17, 15) is 37.8 Å². The highest BCUT2D eigenvalue weighted by atomic mass is 35.5. The molecule has 2 fully saturated rings. The number of hydrogen-bond acceptors (Lipinski definition) is 10. The summed E-state index contributed by atoms with van der Waals surface area (Å²) in [4.78, 5) is 57.6. The fraction of sp³-hybridized carbons (Fsp3) is 0.500. The van der Waals surface area contributed by atoms with Gasteiger partial charge in [-0.2, -0.15) is 22.7 Å². The molecule has 0 saturated carbocycles. The number of hydrogen-bond donors (Lipinski definition) is 3. The monoisotopic (exact) mass is 743 g/mol. The third-order valence-electron chi connectivity index (χ3n) is 10.7. The molecule has 2 amide bonds. The van der Waals surface area contributed by atoms with E-state index in [1.807, 2.05) is 11.8 Å². The molecule has 1 atom stereocenters. The van der Waals surface area contributed by atoms with Gasteiger partial charge in [0, 0.05) is 42.9 Å². The number of likely N-dealkylation sites (tertiary alicyclic amines) is 1. The van der Waals surface area contributed by atoms with Gasteiger partial charge in [0.15, 0.2) is 11.4 Å². The maximum absolute atomic E-state index is 14.5. The summed E-state index contributed by atoms with van der Waals surface area (Å²) < 4.78 is 42.6. The molecule has 52 heavy (non-hydrogen) atoms. The zero-order valence-electron chi connectivity index (χ0n) is 28.7. The number of aromatic nitrogens is 6. The summed E-state index contributed by atoms with van der Waals surface area (Å²) in [5.74, 6) is -1.18. The number of carbonyl (C=O) groups excluding carboxylic acids is 2. The number of rotatable bonds is 5. The minimum Gasteiger partial charge on any atom is -0.504 e. The minimum absolute atomic E-state index is 0.0117. The lowest BCUT2D eigenvalue weighted by atomic mass is 9.73. The average molecular weight is 744 g/mol. The number of anilines is 2. The van der Waals surface area contributed by atoms with Crippen molar-refractivity contribution >= 4 is 40.8 Å². The lowest BCUT2D eigenvalue weighted by Crippen LogP contribution is -2.46. The maximum atomic E-state index is 14.5. The second-order valence-electron chi connectivity index (χ2n) is 14.3. The van der Waals surface area contributed by atoms with Gasteiger partial charge in [-0.25, -0.2) is 9.97 Å². The number of aliphatic hydroxyl groups is 1. The van der Waals surface area contributed by atoms with E-state index >= 15 is 0 Å². The minimum atomic E-state index is -4.62. The molecule has 0 radical (unpaired) electrons. The highest BCUT2D eigenvalue weighted by Crippen LogP contribution is 2.50. The predicted octanol–water partition coefficient (Wildman–Crippen LogP) is 4.04. The van der Waals surface area contributed by atoms with Gasteiger partial charge in [0.25, 0.3) is 11.5 Å². The summed E-state index contributed by atoms with van der Waals surface area (Å²) in [6.07, 6.45) is -1.10. The number of benzene rings is 1.